The number of carbonyl (C=O) groups is 2. The molecule has 1 aromatic rings. The molecule has 0 spiro atoms. The molecular formula is C18H24Cl2N2O3. The summed E-state index contributed by atoms with van der Waals surface area (Å²) in [6, 6.07) is 5.17. The lowest BCUT2D eigenvalue weighted by atomic mass is 9.97. The van der Waals surface area contributed by atoms with Gasteiger partial charge in [0, 0.05) is 29.7 Å². The maximum absolute atomic E-state index is 12.4. The molecule has 1 N–H and O–H groups in total. The van der Waals surface area contributed by atoms with Crippen LogP contribution in [0.15, 0.2) is 18.2 Å². The van der Waals surface area contributed by atoms with E-state index in [-0.39, 0.29) is 17.9 Å². The summed E-state index contributed by atoms with van der Waals surface area (Å²) in [5, 5.41) is 3.97. The Bertz CT molecular complexity index is 644. The van der Waals surface area contributed by atoms with Crippen molar-refractivity contribution in [1.29, 1.82) is 0 Å². The van der Waals surface area contributed by atoms with Gasteiger partial charge in [-0.25, -0.2) is 4.79 Å². The van der Waals surface area contributed by atoms with E-state index in [1.807, 2.05) is 20.8 Å². The van der Waals surface area contributed by atoms with Gasteiger partial charge in [-0.2, -0.15) is 0 Å². The molecule has 7 heteroatoms. The summed E-state index contributed by atoms with van der Waals surface area (Å²) in [5.74, 6) is -0.327. The third-order valence-corrected chi connectivity index (χ3v) is 4.50. The van der Waals surface area contributed by atoms with Gasteiger partial charge >= 0.3 is 6.09 Å². The van der Waals surface area contributed by atoms with Crippen LogP contribution in [0.1, 0.15) is 39.2 Å². The first-order valence-electron chi connectivity index (χ1n) is 8.35. The fourth-order valence-corrected chi connectivity index (χ4v) is 3.15. The van der Waals surface area contributed by atoms with E-state index in [0.29, 0.717) is 29.7 Å². The smallest absolute Gasteiger partial charge is 0.410 e. The van der Waals surface area contributed by atoms with Gasteiger partial charge in [0.1, 0.15) is 5.60 Å². The van der Waals surface area contributed by atoms with Gasteiger partial charge < -0.3 is 15.0 Å². The zero-order valence-corrected chi connectivity index (χ0v) is 16.3. The van der Waals surface area contributed by atoms with Crippen molar-refractivity contribution in [3.8, 4) is 0 Å². The minimum Gasteiger partial charge on any atom is -0.444 e. The Balaban J connectivity index is 1.89. The van der Waals surface area contributed by atoms with E-state index in [4.69, 9.17) is 27.9 Å². The summed E-state index contributed by atoms with van der Waals surface area (Å²) in [6.45, 7) is 6.80. The zero-order valence-electron chi connectivity index (χ0n) is 14.8. The lowest BCUT2D eigenvalue weighted by Crippen LogP contribution is -2.46. The largest absolute Gasteiger partial charge is 0.444 e. The standard InChI is InChI=1S/C18H24Cl2N2O3/c1-18(2,3)25-17(24)22-8-4-5-13(11-22)16(23)21-10-12-6-7-14(19)9-15(12)20/h6-7,9,13H,4-5,8,10-11H2,1-3H3,(H,21,23). The van der Waals surface area contributed by atoms with Gasteiger partial charge in [-0.15, -0.1) is 0 Å². The van der Waals surface area contributed by atoms with Crippen LogP contribution in [0.4, 0.5) is 4.79 Å². The molecule has 1 aliphatic rings. The van der Waals surface area contributed by atoms with Crippen molar-refractivity contribution in [3.63, 3.8) is 0 Å². The number of likely N-dealkylation sites (tertiary alicyclic amines) is 1. The van der Waals surface area contributed by atoms with Crippen molar-refractivity contribution < 1.29 is 14.3 Å². The van der Waals surface area contributed by atoms with Gasteiger partial charge in [0.25, 0.3) is 0 Å². The Morgan fingerprint density at radius 1 is 1.32 bits per heavy atom. The lowest BCUT2D eigenvalue weighted by Gasteiger charge is -2.33. The van der Waals surface area contributed by atoms with Crippen molar-refractivity contribution in [3.05, 3.63) is 33.8 Å². The molecule has 1 fully saturated rings. The topological polar surface area (TPSA) is 58.6 Å². The van der Waals surface area contributed by atoms with Gasteiger partial charge in [0.2, 0.25) is 5.91 Å². The van der Waals surface area contributed by atoms with Crippen molar-refractivity contribution >= 4 is 35.2 Å². The average molecular weight is 387 g/mol. The van der Waals surface area contributed by atoms with E-state index in [0.717, 1.165) is 18.4 Å². The number of ether oxygens (including phenoxy) is 1. The Kier molecular flexibility index (Phi) is 6.58. The number of hydrogen-bond acceptors (Lipinski definition) is 3. The minimum atomic E-state index is -0.544. The van der Waals surface area contributed by atoms with Gasteiger partial charge in [-0.3, -0.25) is 4.79 Å². The average Bonchev–Trinajstić information content (AvgIpc) is 2.52. The summed E-state index contributed by atoms with van der Waals surface area (Å²) in [7, 11) is 0. The molecule has 0 radical (unpaired) electrons. The molecule has 0 aliphatic carbocycles. The van der Waals surface area contributed by atoms with Crippen LogP contribution >= 0.6 is 23.2 Å². The number of hydrogen-bond donors (Lipinski definition) is 1. The highest BCUT2D eigenvalue weighted by atomic mass is 35.5. The van der Waals surface area contributed by atoms with Crippen LogP contribution in [0, 0.1) is 5.92 Å². The quantitative estimate of drug-likeness (QED) is 0.843. The second-order valence-electron chi connectivity index (χ2n) is 7.22. The molecular weight excluding hydrogens is 363 g/mol. The molecule has 1 saturated heterocycles. The molecule has 2 rings (SSSR count). The molecule has 5 nitrogen and oxygen atoms in total. The normalized spacial score (nSPS) is 18.0. The number of amides is 2. The fourth-order valence-electron chi connectivity index (χ4n) is 2.68. The maximum atomic E-state index is 12.4. The van der Waals surface area contributed by atoms with Gasteiger partial charge in [0.15, 0.2) is 0 Å². The summed E-state index contributed by atoms with van der Waals surface area (Å²) < 4.78 is 5.39. The van der Waals surface area contributed by atoms with Gasteiger partial charge in [-0.1, -0.05) is 29.3 Å². The molecule has 1 aliphatic heterocycles. The van der Waals surface area contributed by atoms with Crippen LogP contribution in [-0.2, 0) is 16.1 Å². The van der Waals surface area contributed by atoms with Crippen LogP contribution in [-0.4, -0.2) is 35.6 Å². The second kappa shape index (κ2) is 8.28. The number of piperidine rings is 1. The summed E-state index contributed by atoms with van der Waals surface area (Å²) >= 11 is 12.0. The molecule has 0 aromatic heterocycles. The molecule has 0 saturated carbocycles. The Hall–Kier alpha value is -1.46. The number of carbonyl (C=O) groups excluding carboxylic acids is 2. The molecule has 1 unspecified atom stereocenters. The highest BCUT2D eigenvalue weighted by Crippen LogP contribution is 2.22. The number of benzene rings is 1. The number of rotatable bonds is 3. The number of nitrogens with one attached hydrogen (secondary N) is 1. The monoisotopic (exact) mass is 386 g/mol. The van der Waals surface area contributed by atoms with E-state index in [1.165, 1.54) is 0 Å². The number of halogens is 2. The predicted molar refractivity (Wildman–Crippen MR) is 98.8 cm³/mol. The maximum Gasteiger partial charge on any atom is 0.410 e. The SMILES string of the molecule is CC(C)(C)OC(=O)N1CCCC(C(=O)NCc2ccc(Cl)cc2Cl)C1. The van der Waals surface area contributed by atoms with Crippen molar-refractivity contribution in [2.45, 2.75) is 45.8 Å². The van der Waals surface area contributed by atoms with Crippen LogP contribution in [0.5, 0.6) is 0 Å². The van der Waals surface area contributed by atoms with E-state index < -0.39 is 5.60 Å². The predicted octanol–water partition coefficient (Wildman–Crippen LogP) is 4.26. The number of nitrogens with zero attached hydrogens (tertiary/aromatic N) is 1. The summed E-state index contributed by atoms with van der Waals surface area (Å²) in [4.78, 5) is 26.2. The van der Waals surface area contributed by atoms with Crippen molar-refractivity contribution in [2.75, 3.05) is 13.1 Å². The second-order valence-corrected chi connectivity index (χ2v) is 8.06. The molecule has 1 heterocycles. The third kappa shape index (κ3) is 6.08. The molecule has 1 aromatic carbocycles. The van der Waals surface area contributed by atoms with E-state index in [1.54, 1.807) is 23.1 Å². The van der Waals surface area contributed by atoms with Crippen molar-refractivity contribution in [2.24, 2.45) is 5.92 Å². The Morgan fingerprint density at radius 2 is 2.04 bits per heavy atom. The van der Waals surface area contributed by atoms with E-state index >= 15 is 0 Å². The first-order valence-corrected chi connectivity index (χ1v) is 9.11. The van der Waals surface area contributed by atoms with E-state index in [2.05, 4.69) is 5.32 Å². The minimum absolute atomic E-state index is 0.0840. The molecule has 25 heavy (non-hydrogen) atoms. The van der Waals surface area contributed by atoms with Crippen molar-refractivity contribution in [1.82, 2.24) is 10.2 Å². The van der Waals surface area contributed by atoms with Crippen LogP contribution in [0.2, 0.25) is 10.0 Å². The van der Waals surface area contributed by atoms with E-state index in [9.17, 15) is 9.59 Å². The van der Waals surface area contributed by atoms with Crippen LogP contribution < -0.4 is 5.32 Å². The van der Waals surface area contributed by atoms with Gasteiger partial charge in [-0.05, 0) is 51.3 Å². The molecule has 0 bridgehead atoms. The summed E-state index contributed by atoms with van der Waals surface area (Å²) in [6.07, 6.45) is 1.16. The van der Waals surface area contributed by atoms with Crippen LogP contribution in [0.25, 0.3) is 0 Å². The summed E-state index contributed by atoms with van der Waals surface area (Å²) in [5.41, 5.74) is 0.261. The third-order valence-electron chi connectivity index (χ3n) is 3.91. The molecule has 2 amide bonds. The lowest BCUT2D eigenvalue weighted by molar-refractivity contribution is -0.126. The first kappa shape index (κ1) is 19.9. The molecule has 138 valence electrons. The zero-order chi connectivity index (χ0) is 18.6. The Labute approximate surface area is 158 Å². The first-order chi connectivity index (χ1) is 11.7. The highest BCUT2D eigenvalue weighted by Gasteiger charge is 2.30. The fraction of sp³-hybridized carbons (Fsp3) is 0.556. The Morgan fingerprint density at radius 3 is 2.68 bits per heavy atom. The van der Waals surface area contributed by atoms with Crippen LogP contribution in [0.3, 0.4) is 0 Å². The highest BCUT2D eigenvalue weighted by molar-refractivity contribution is 6.35. The molecule has 1 atom stereocenters. The van der Waals surface area contributed by atoms with Gasteiger partial charge in [0.05, 0.1) is 5.92 Å².